The number of amides is 4. The van der Waals surface area contributed by atoms with E-state index in [1.807, 2.05) is 49.4 Å². The second kappa shape index (κ2) is 10.6. The Hall–Kier alpha value is -3.91. The SMILES string of the molecule is CCc1ccccc1N1C(=O)NC(=O)/C(=C/c2cc(Br)c(OCc3ccccc3)c(OC)c2)C1=O. The number of halogens is 1. The predicted octanol–water partition coefficient (Wildman–Crippen LogP) is 5.27. The first-order chi connectivity index (χ1) is 16.9. The molecule has 178 valence electrons. The third-order valence-electron chi connectivity index (χ3n) is 5.50. The Balaban J connectivity index is 1.67. The number of nitrogens with zero attached hydrogens (tertiary/aromatic N) is 1. The van der Waals surface area contributed by atoms with Crippen molar-refractivity contribution in [1.82, 2.24) is 5.32 Å². The Kier molecular flexibility index (Phi) is 7.31. The number of ether oxygens (including phenoxy) is 2. The number of para-hydroxylation sites is 1. The van der Waals surface area contributed by atoms with Gasteiger partial charge < -0.3 is 9.47 Å². The third-order valence-corrected chi connectivity index (χ3v) is 6.09. The standard InChI is InChI=1S/C27H23BrN2O5/c1-3-19-11-7-8-12-22(19)30-26(32)20(25(31)29-27(30)33)13-18-14-21(28)24(23(15-18)34-2)35-16-17-9-5-4-6-10-17/h4-15H,3,16H2,1-2H3,(H,29,31,33)/b20-13-. The van der Waals surface area contributed by atoms with Crippen molar-refractivity contribution in [2.24, 2.45) is 0 Å². The molecule has 3 aromatic rings. The molecule has 1 N–H and O–H groups in total. The van der Waals surface area contributed by atoms with Crippen LogP contribution >= 0.6 is 15.9 Å². The Morgan fingerprint density at radius 3 is 2.43 bits per heavy atom. The molecule has 35 heavy (non-hydrogen) atoms. The molecule has 1 aliphatic rings. The Labute approximate surface area is 211 Å². The molecule has 0 aliphatic carbocycles. The van der Waals surface area contributed by atoms with Gasteiger partial charge in [-0.25, -0.2) is 9.69 Å². The van der Waals surface area contributed by atoms with Gasteiger partial charge in [0.25, 0.3) is 11.8 Å². The minimum Gasteiger partial charge on any atom is -0.493 e. The van der Waals surface area contributed by atoms with Crippen molar-refractivity contribution in [2.45, 2.75) is 20.0 Å². The fourth-order valence-corrected chi connectivity index (χ4v) is 4.34. The van der Waals surface area contributed by atoms with Gasteiger partial charge in [0.2, 0.25) is 0 Å². The molecule has 0 unspecified atom stereocenters. The van der Waals surface area contributed by atoms with Gasteiger partial charge in [-0.05, 0) is 63.3 Å². The summed E-state index contributed by atoms with van der Waals surface area (Å²) in [5.74, 6) is -0.537. The lowest BCUT2D eigenvalue weighted by molar-refractivity contribution is -0.122. The maximum atomic E-state index is 13.3. The normalized spacial score (nSPS) is 14.8. The number of hydrogen-bond donors (Lipinski definition) is 1. The molecule has 0 spiro atoms. The van der Waals surface area contributed by atoms with Gasteiger partial charge in [-0.3, -0.25) is 14.9 Å². The predicted molar refractivity (Wildman–Crippen MR) is 136 cm³/mol. The average molecular weight is 535 g/mol. The smallest absolute Gasteiger partial charge is 0.335 e. The van der Waals surface area contributed by atoms with E-state index < -0.39 is 17.8 Å². The summed E-state index contributed by atoms with van der Waals surface area (Å²) in [6.07, 6.45) is 2.05. The van der Waals surface area contributed by atoms with Crippen LogP contribution in [-0.2, 0) is 22.6 Å². The number of carbonyl (C=O) groups excluding carboxylic acids is 3. The molecule has 0 saturated carbocycles. The van der Waals surface area contributed by atoms with E-state index in [0.29, 0.717) is 40.3 Å². The zero-order valence-electron chi connectivity index (χ0n) is 19.2. The van der Waals surface area contributed by atoms with Gasteiger partial charge in [-0.15, -0.1) is 0 Å². The number of imide groups is 2. The van der Waals surface area contributed by atoms with E-state index in [4.69, 9.17) is 9.47 Å². The number of anilines is 1. The second-order valence-corrected chi connectivity index (χ2v) is 8.60. The zero-order chi connectivity index (χ0) is 24.9. The van der Waals surface area contributed by atoms with Crippen molar-refractivity contribution in [2.75, 3.05) is 12.0 Å². The fraction of sp³-hybridized carbons (Fsp3) is 0.148. The number of carbonyl (C=O) groups is 3. The van der Waals surface area contributed by atoms with Gasteiger partial charge in [0.15, 0.2) is 11.5 Å². The highest BCUT2D eigenvalue weighted by Gasteiger charge is 2.37. The van der Waals surface area contributed by atoms with Gasteiger partial charge in [-0.2, -0.15) is 0 Å². The van der Waals surface area contributed by atoms with Crippen molar-refractivity contribution in [1.29, 1.82) is 0 Å². The van der Waals surface area contributed by atoms with E-state index in [2.05, 4.69) is 21.2 Å². The quantitative estimate of drug-likeness (QED) is 0.330. The van der Waals surface area contributed by atoms with E-state index in [-0.39, 0.29) is 5.57 Å². The van der Waals surface area contributed by atoms with E-state index in [0.717, 1.165) is 16.0 Å². The first-order valence-corrected chi connectivity index (χ1v) is 11.8. The minimum atomic E-state index is -0.776. The number of hydrogen-bond acceptors (Lipinski definition) is 5. The van der Waals surface area contributed by atoms with Crippen LogP contribution in [0.1, 0.15) is 23.6 Å². The Bertz CT molecular complexity index is 1320. The molecule has 1 fully saturated rings. The average Bonchev–Trinajstić information content (AvgIpc) is 2.86. The molecule has 1 aliphatic heterocycles. The molecule has 4 amide bonds. The van der Waals surface area contributed by atoms with Gasteiger partial charge in [-0.1, -0.05) is 55.5 Å². The third kappa shape index (κ3) is 5.12. The molecule has 8 heteroatoms. The summed E-state index contributed by atoms with van der Waals surface area (Å²) in [4.78, 5) is 39.5. The summed E-state index contributed by atoms with van der Waals surface area (Å²) in [5, 5.41) is 2.26. The lowest BCUT2D eigenvalue weighted by Crippen LogP contribution is -2.54. The van der Waals surface area contributed by atoms with Crippen LogP contribution in [0.4, 0.5) is 10.5 Å². The van der Waals surface area contributed by atoms with Crippen molar-refractivity contribution in [3.05, 3.63) is 93.5 Å². The number of aryl methyl sites for hydroxylation is 1. The maximum Gasteiger partial charge on any atom is 0.335 e. The van der Waals surface area contributed by atoms with Crippen LogP contribution in [0.2, 0.25) is 0 Å². The van der Waals surface area contributed by atoms with Gasteiger partial charge in [0.1, 0.15) is 12.2 Å². The molecule has 0 aromatic heterocycles. The highest BCUT2D eigenvalue weighted by atomic mass is 79.9. The summed E-state index contributed by atoms with van der Waals surface area (Å²) < 4.78 is 12.0. The molecular formula is C27H23BrN2O5. The van der Waals surface area contributed by atoms with E-state index >= 15 is 0 Å². The zero-order valence-corrected chi connectivity index (χ0v) is 20.8. The number of methoxy groups -OCH3 is 1. The Morgan fingerprint density at radius 1 is 1.00 bits per heavy atom. The molecular weight excluding hydrogens is 512 g/mol. The summed E-state index contributed by atoms with van der Waals surface area (Å²) in [5.41, 5.74) is 2.61. The highest BCUT2D eigenvalue weighted by Crippen LogP contribution is 2.38. The van der Waals surface area contributed by atoms with Crippen LogP contribution in [0, 0.1) is 0 Å². The molecule has 0 atom stereocenters. The van der Waals surface area contributed by atoms with E-state index in [1.165, 1.54) is 13.2 Å². The molecule has 0 radical (unpaired) electrons. The topological polar surface area (TPSA) is 84.9 Å². The molecule has 1 saturated heterocycles. The molecule has 4 rings (SSSR count). The van der Waals surface area contributed by atoms with Gasteiger partial charge in [0, 0.05) is 0 Å². The van der Waals surface area contributed by atoms with Crippen LogP contribution in [0.5, 0.6) is 11.5 Å². The van der Waals surface area contributed by atoms with Crippen LogP contribution in [-0.4, -0.2) is 25.0 Å². The number of urea groups is 1. The highest BCUT2D eigenvalue weighted by molar-refractivity contribution is 9.10. The van der Waals surface area contributed by atoms with Crippen molar-refractivity contribution in [3.8, 4) is 11.5 Å². The second-order valence-electron chi connectivity index (χ2n) is 7.75. The summed E-state index contributed by atoms with van der Waals surface area (Å²) in [6, 6.07) is 19.4. The Morgan fingerprint density at radius 2 is 1.71 bits per heavy atom. The maximum absolute atomic E-state index is 13.3. The summed E-state index contributed by atoms with van der Waals surface area (Å²) >= 11 is 3.50. The van der Waals surface area contributed by atoms with Crippen LogP contribution in [0.25, 0.3) is 6.08 Å². The summed E-state index contributed by atoms with van der Waals surface area (Å²) in [7, 11) is 1.51. The first kappa shape index (κ1) is 24.2. The fourth-order valence-electron chi connectivity index (χ4n) is 3.76. The minimum absolute atomic E-state index is 0.164. The van der Waals surface area contributed by atoms with Crippen LogP contribution in [0.3, 0.4) is 0 Å². The van der Waals surface area contributed by atoms with Crippen LogP contribution < -0.4 is 19.7 Å². The van der Waals surface area contributed by atoms with Gasteiger partial charge in [0.05, 0.1) is 17.3 Å². The lowest BCUT2D eigenvalue weighted by atomic mass is 10.0. The van der Waals surface area contributed by atoms with E-state index in [9.17, 15) is 14.4 Å². The van der Waals surface area contributed by atoms with Gasteiger partial charge >= 0.3 is 6.03 Å². The van der Waals surface area contributed by atoms with Crippen molar-refractivity contribution >= 4 is 45.5 Å². The largest absolute Gasteiger partial charge is 0.493 e. The van der Waals surface area contributed by atoms with E-state index in [1.54, 1.807) is 24.3 Å². The molecule has 3 aromatic carbocycles. The molecule has 1 heterocycles. The number of benzene rings is 3. The number of rotatable bonds is 7. The summed E-state index contributed by atoms with van der Waals surface area (Å²) in [6.45, 7) is 2.27. The number of barbiturate groups is 1. The molecule has 0 bridgehead atoms. The molecule has 7 nitrogen and oxygen atoms in total. The van der Waals surface area contributed by atoms with Crippen molar-refractivity contribution in [3.63, 3.8) is 0 Å². The lowest BCUT2D eigenvalue weighted by Gasteiger charge is -2.28. The monoisotopic (exact) mass is 534 g/mol. The number of nitrogens with one attached hydrogen (secondary N) is 1. The van der Waals surface area contributed by atoms with Crippen LogP contribution in [0.15, 0.2) is 76.8 Å². The first-order valence-electron chi connectivity index (χ1n) is 11.0. The van der Waals surface area contributed by atoms with Crippen molar-refractivity contribution < 1.29 is 23.9 Å².